The van der Waals surface area contributed by atoms with E-state index in [2.05, 4.69) is 74.0 Å². The molecular formula is C29H30N2S. The summed E-state index contributed by atoms with van der Waals surface area (Å²) in [5.41, 5.74) is 7.61. The number of para-hydroxylation sites is 2. The smallest absolute Gasteiger partial charge is 0.142 e. The first-order valence-electron chi connectivity index (χ1n) is 12.7. The lowest BCUT2D eigenvalue weighted by molar-refractivity contribution is 0.750. The fraction of sp³-hybridized carbons (Fsp3) is 0.276. The van der Waals surface area contributed by atoms with Gasteiger partial charge >= 0.3 is 0 Å². The Morgan fingerprint density at radius 3 is 2.41 bits per heavy atom. The van der Waals surface area contributed by atoms with Gasteiger partial charge in [-0.05, 0) is 59.1 Å². The van der Waals surface area contributed by atoms with Gasteiger partial charge in [0.05, 0.1) is 17.6 Å². The summed E-state index contributed by atoms with van der Waals surface area (Å²) in [5.74, 6) is 1.76. The van der Waals surface area contributed by atoms with Gasteiger partial charge in [-0.1, -0.05) is 70.2 Å². The van der Waals surface area contributed by atoms with E-state index in [4.69, 9.17) is 9.10 Å². The van der Waals surface area contributed by atoms with E-state index in [0.29, 0.717) is 17.4 Å². The van der Waals surface area contributed by atoms with Crippen molar-refractivity contribution in [2.75, 3.05) is 0 Å². The average molecular weight is 442 g/mol. The highest BCUT2D eigenvalue weighted by Gasteiger charge is 2.20. The first-order valence-corrected chi connectivity index (χ1v) is 12.1. The lowest BCUT2D eigenvalue weighted by atomic mass is 9.88. The average Bonchev–Trinajstić information content (AvgIpc) is 3.39. The second-order valence-electron chi connectivity index (χ2n) is 9.10. The van der Waals surface area contributed by atoms with Gasteiger partial charge in [-0.25, -0.2) is 4.98 Å². The van der Waals surface area contributed by atoms with E-state index in [1.54, 1.807) is 23.5 Å². The van der Waals surface area contributed by atoms with Crippen LogP contribution in [0.3, 0.4) is 0 Å². The molecule has 2 aromatic heterocycles. The summed E-state index contributed by atoms with van der Waals surface area (Å²) < 4.78 is 26.7. The molecular weight excluding hydrogens is 408 g/mol. The molecule has 0 radical (unpaired) electrons. The standard InChI is InChI=1S/C29H30N2S/c1-18(2)21-9-8-10-22(19(3)4)24(21)16-31-27-12-7-6-11-26(27)30-29(31)25-17-32-28-15-20(5)13-14-23(25)28/h6-15,17-19H,16H2,1-5H3/i5D3. The molecule has 3 heteroatoms. The summed E-state index contributed by atoms with van der Waals surface area (Å²) in [6.07, 6.45) is 0. The third-order valence-corrected chi connectivity index (χ3v) is 7.22. The van der Waals surface area contributed by atoms with E-state index in [1.807, 2.05) is 12.1 Å². The summed E-state index contributed by atoms with van der Waals surface area (Å²) in [6, 6.07) is 20.4. The molecule has 2 nitrogen and oxygen atoms in total. The molecule has 5 rings (SSSR count). The van der Waals surface area contributed by atoms with E-state index in [1.165, 1.54) is 16.7 Å². The zero-order chi connectivity index (χ0) is 24.9. The Morgan fingerprint density at radius 2 is 1.69 bits per heavy atom. The van der Waals surface area contributed by atoms with Gasteiger partial charge in [0.25, 0.3) is 0 Å². The molecule has 0 aliphatic rings. The van der Waals surface area contributed by atoms with Crippen molar-refractivity contribution in [3.8, 4) is 11.4 Å². The molecule has 0 aliphatic carbocycles. The van der Waals surface area contributed by atoms with Crippen molar-refractivity contribution >= 4 is 32.5 Å². The first kappa shape index (κ1) is 17.6. The van der Waals surface area contributed by atoms with Crippen molar-refractivity contribution in [1.82, 2.24) is 9.55 Å². The second-order valence-corrected chi connectivity index (χ2v) is 10.0. The van der Waals surface area contributed by atoms with E-state index in [0.717, 1.165) is 39.1 Å². The normalized spacial score (nSPS) is 13.8. The molecule has 0 bridgehead atoms. The number of fused-ring (bicyclic) bond motifs is 2. The van der Waals surface area contributed by atoms with E-state index in [9.17, 15) is 0 Å². The van der Waals surface area contributed by atoms with Gasteiger partial charge < -0.3 is 4.57 Å². The summed E-state index contributed by atoms with van der Waals surface area (Å²) in [7, 11) is 0. The quantitative estimate of drug-likeness (QED) is 0.267. The van der Waals surface area contributed by atoms with Crippen molar-refractivity contribution in [2.24, 2.45) is 0 Å². The summed E-state index contributed by atoms with van der Waals surface area (Å²) >= 11 is 1.58. The molecule has 0 spiro atoms. The zero-order valence-corrected chi connectivity index (χ0v) is 19.8. The van der Waals surface area contributed by atoms with Crippen LogP contribution in [-0.2, 0) is 6.54 Å². The minimum Gasteiger partial charge on any atom is -0.319 e. The summed E-state index contributed by atoms with van der Waals surface area (Å²) in [6.45, 7) is 7.65. The van der Waals surface area contributed by atoms with Crippen molar-refractivity contribution in [3.05, 3.63) is 88.3 Å². The van der Waals surface area contributed by atoms with Gasteiger partial charge in [0.2, 0.25) is 0 Å². The van der Waals surface area contributed by atoms with Crippen molar-refractivity contribution in [3.63, 3.8) is 0 Å². The van der Waals surface area contributed by atoms with Gasteiger partial charge in [-0.15, -0.1) is 11.3 Å². The van der Waals surface area contributed by atoms with Crippen molar-refractivity contribution in [1.29, 1.82) is 0 Å². The predicted octanol–water partition coefficient (Wildman–Crippen LogP) is 8.52. The van der Waals surface area contributed by atoms with Crippen LogP contribution >= 0.6 is 11.3 Å². The summed E-state index contributed by atoms with van der Waals surface area (Å²) in [4.78, 5) is 5.08. The Morgan fingerprint density at radius 1 is 0.938 bits per heavy atom. The van der Waals surface area contributed by atoms with Gasteiger partial charge in [0.15, 0.2) is 0 Å². The molecule has 5 aromatic rings. The molecule has 32 heavy (non-hydrogen) atoms. The number of nitrogens with zero attached hydrogens (tertiary/aromatic N) is 2. The molecule has 0 amide bonds. The predicted molar refractivity (Wildman–Crippen MR) is 139 cm³/mol. The maximum Gasteiger partial charge on any atom is 0.142 e. The van der Waals surface area contributed by atoms with Gasteiger partial charge in [-0.2, -0.15) is 0 Å². The SMILES string of the molecule is [2H]C([2H])([2H])c1ccc2c(-c3nc4ccccc4n3Cc3c(C(C)C)cccc3C(C)C)csc2c1. The topological polar surface area (TPSA) is 17.8 Å². The van der Waals surface area contributed by atoms with Gasteiger partial charge in [0, 0.05) is 25.1 Å². The molecule has 0 atom stereocenters. The van der Waals surface area contributed by atoms with E-state index >= 15 is 0 Å². The molecule has 3 aromatic carbocycles. The number of benzene rings is 3. The lowest BCUT2D eigenvalue weighted by Gasteiger charge is -2.21. The molecule has 0 saturated carbocycles. The third-order valence-electron chi connectivity index (χ3n) is 6.28. The van der Waals surface area contributed by atoms with Crippen LogP contribution in [0.2, 0.25) is 0 Å². The number of hydrogen-bond acceptors (Lipinski definition) is 2. The molecule has 0 fully saturated rings. The van der Waals surface area contributed by atoms with Gasteiger partial charge in [0.1, 0.15) is 5.82 Å². The van der Waals surface area contributed by atoms with Gasteiger partial charge in [-0.3, -0.25) is 0 Å². The molecule has 2 heterocycles. The molecule has 0 aliphatic heterocycles. The highest BCUT2D eigenvalue weighted by Crippen LogP contribution is 2.37. The number of imidazole rings is 1. The summed E-state index contributed by atoms with van der Waals surface area (Å²) in [5, 5.41) is 3.16. The number of thiophene rings is 1. The first-order chi connectivity index (χ1) is 16.6. The Balaban J connectivity index is 1.73. The maximum atomic E-state index is 7.78. The van der Waals surface area contributed by atoms with Crippen LogP contribution in [0.25, 0.3) is 32.5 Å². The number of aromatic nitrogens is 2. The highest BCUT2D eigenvalue weighted by molar-refractivity contribution is 7.17. The maximum absolute atomic E-state index is 7.78. The number of hydrogen-bond donors (Lipinski definition) is 0. The molecule has 162 valence electrons. The highest BCUT2D eigenvalue weighted by atomic mass is 32.1. The van der Waals surface area contributed by atoms with Crippen molar-refractivity contribution in [2.45, 2.75) is 52.9 Å². The fourth-order valence-corrected chi connectivity index (χ4v) is 5.67. The Kier molecular flexibility index (Phi) is 4.52. The molecule has 0 saturated heterocycles. The Bertz CT molecular complexity index is 1500. The third kappa shape index (κ3) is 3.55. The zero-order valence-electron chi connectivity index (χ0n) is 22.0. The second kappa shape index (κ2) is 8.22. The minimum absolute atomic E-state index is 0.374. The van der Waals surface area contributed by atoms with Crippen LogP contribution in [0, 0.1) is 6.85 Å². The monoisotopic (exact) mass is 441 g/mol. The van der Waals surface area contributed by atoms with Crippen LogP contribution in [0.5, 0.6) is 0 Å². The fourth-order valence-electron chi connectivity index (χ4n) is 4.69. The lowest BCUT2D eigenvalue weighted by Crippen LogP contribution is -2.10. The minimum atomic E-state index is -2.11. The van der Waals surface area contributed by atoms with Crippen molar-refractivity contribution < 1.29 is 4.11 Å². The molecule has 0 N–H and O–H groups in total. The van der Waals surface area contributed by atoms with E-state index < -0.39 is 6.85 Å². The van der Waals surface area contributed by atoms with Crippen LogP contribution in [-0.4, -0.2) is 9.55 Å². The van der Waals surface area contributed by atoms with Crippen LogP contribution in [0.15, 0.2) is 66.0 Å². The van der Waals surface area contributed by atoms with E-state index in [-0.39, 0.29) is 0 Å². The van der Waals surface area contributed by atoms with Crippen LogP contribution < -0.4 is 0 Å². The largest absolute Gasteiger partial charge is 0.319 e. The Hall–Kier alpha value is -2.91. The molecule has 0 unspecified atom stereocenters. The number of aryl methyl sites for hydroxylation is 1. The van der Waals surface area contributed by atoms with Crippen LogP contribution in [0.4, 0.5) is 0 Å². The number of rotatable bonds is 5. The Labute approximate surface area is 198 Å². The van der Waals surface area contributed by atoms with Crippen LogP contribution in [0.1, 0.15) is 65.9 Å².